The molecule has 0 bridgehead atoms. The minimum atomic E-state index is -0.262. The van der Waals surface area contributed by atoms with Crippen LogP contribution in [0.3, 0.4) is 0 Å². The summed E-state index contributed by atoms with van der Waals surface area (Å²) in [4.78, 5) is 23.8. The molecule has 7 heteroatoms. The third-order valence-corrected chi connectivity index (χ3v) is 4.75. The molecule has 1 amide bonds. The Morgan fingerprint density at radius 3 is 2.96 bits per heavy atom. The summed E-state index contributed by atoms with van der Waals surface area (Å²) in [6.07, 6.45) is 5.98. The summed E-state index contributed by atoms with van der Waals surface area (Å²) >= 11 is 0. The van der Waals surface area contributed by atoms with Crippen molar-refractivity contribution < 1.29 is 9.53 Å². The summed E-state index contributed by atoms with van der Waals surface area (Å²) in [6.45, 7) is 3.94. The highest BCUT2D eigenvalue weighted by Gasteiger charge is 2.31. The van der Waals surface area contributed by atoms with Crippen LogP contribution in [0.15, 0.2) is 12.4 Å². The van der Waals surface area contributed by atoms with Crippen molar-refractivity contribution in [3.63, 3.8) is 0 Å². The molecule has 1 saturated heterocycles. The molecular formula is C17H21N5O2. The molecule has 0 radical (unpaired) electrons. The zero-order chi connectivity index (χ0) is 16.7. The Balaban J connectivity index is 1.59. The topological polar surface area (TPSA) is 73.1 Å². The van der Waals surface area contributed by atoms with Gasteiger partial charge in [0.15, 0.2) is 5.82 Å². The van der Waals surface area contributed by atoms with Gasteiger partial charge in [-0.15, -0.1) is 0 Å². The van der Waals surface area contributed by atoms with Crippen molar-refractivity contribution in [3.8, 4) is 11.4 Å². The van der Waals surface area contributed by atoms with E-state index < -0.39 is 0 Å². The van der Waals surface area contributed by atoms with Gasteiger partial charge < -0.3 is 9.64 Å². The molecule has 1 fully saturated rings. The van der Waals surface area contributed by atoms with Crippen LogP contribution in [0, 0.1) is 6.92 Å². The summed E-state index contributed by atoms with van der Waals surface area (Å²) in [5, 5.41) is 4.18. The first-order chi connectivity index (χ1) is 11.6. The van der Waals surface area contributed by atoms with Gasteiger partial charge in [-0.25, -0.2) is 9.97 Å². The normalized spacial score (nSPS) is 20.2. The van der Waals surface area contributed by atoms with E-state index in [1.165, 1.54) is 0 Å². The van der Waals surface area contributed by atoms with Gasteiger partial charge in [-0.3, -0.25) is 9.48 Å². The lowest BCUT2D eigenvalue weighted by atomic mass is 10.0. The quantitative estimate of drug-likeness (QED) is 0.830. The fourth-order valence-electron chi connectivity index (χ4n) is 3.41. The Morgan fingerprint density at radius 1 is 1.38 bits per heavy atom. The third-order valence-electron chi connectivity index (χ3n) is 4.75. The molecule has 24 heavy (non-hydrogen) atoms. The highest BCUT2D eigenvalue weighted by Crippen LogP contribution is 2.25. The zero-order valence-electron chi connectivity index (χ0n) is 14.0. The number of hydrogen-bond acceptors (Lipinski definition) is 5. The number of fused-ring (bicyclic) bond motifs is 1. The first kappa shape index (κ1) is 15.3. The molecule has 7 nitrogen and oxygen atoms in total. The average molecular weight is 327 g/mol. The summed E-state index contributed by atoms with van der Waals surface area (Å²) in [5.41, 5.74) is 3.96. The van der Waals surface area contributed by atoms with E-state index in [0.29, 0.717) is 25.5 Å². The monoisotopic (exact) mass is 327 g/mol. The Labute approximate surface area is 140 Å². The predicted octanol–water partition coefficient (Wildman–Crippen LogP) is 1.25. The smallest absolute Gasteiger partial charge is 0.252 e. The molecule has 2 aliphatic rings. The van der Waals surface area contributed by atoms with Crippen LogP contribution in [0.2, 0.25) is 0 Å². The fraction of sp³-hybridized carbons (Fsp3) is 0.529. The number of carbonyl (C=O) groups is 1. The second kappa shape index (κ2) is 5.98. The molecule has 0 aromatic carbocycles. The Kier molecular flexibility index (Phi) is 3.80. The van der Waals surface area contributed by atoms with Crippen LogP contribution in [0.5, 0.6) is 0 Å². The highest BCUT2D eigenvalue weighted by molar-refractivity contribution is 5.81. The van der Waals surface area contributed by atoms with Crippen LogP contribution in [0.25, 0.3) is 11.4 Å². The van der Waals surface area contributed by atoms with Crippen LogP contribution in [-0.4, -0.2) is 49.8 Å². The molecule has 0 spiro atoms. The number of aromatic nitrogens is 4. The van der Waals surface area contributed by atoms with Gasteiger partial charge in [-0.2, -0.15) is 5.10 Å². The zero-order valence-corrected chi connectivity index (χ0v) is 14.0. The van der Waals surface area contributed by atoms with Gasteiger partial charge in [0.05, 0.1) is 17.5 Å². The largest absolute Gasteiger partial charge is 0.368 e. The van der Waals surface area contributed by atoms with Crippen LogP contribution in [0.1, 0.15) is 29.8 Å². The maximum absolute atomic E-state index is 12.6. The highest BCUT2D eigenvalue weighted by atomic mass is 16.5. The predicted molar refractivity (Wildman–Crippen MR) is 87.1 cm³/mol. The number of hydrogen-bond donors (Lipinski definition) is 0. The van der Waals surface area contributed by atoms with Crippen molar-refractivity contribution in [2.75, 3.05) is 13.2 Å². The first-order valence-corrected chi connectivity index (χ1v) is 8.37. The standard InChI is InChI=1S/C17H21N5O2/c1-11-13-10-22(17(23)15-4-3-7-24-15)6-5-14(13)20-16(19-11)12-8-18-21(2)9-12/h8-9,15H,3-7,10H2,1-2H3/t15-/m1/s1. The van der Waals surface area contributed by atoms with Gasteiger partial charge in [0.2, 0.25) is 0 Å². The van der Waals surface area contributed by atoms with E-state index in [4.69, 9.17) is 9.72 Å². The van der Waals surface area contributed by atoms with Gasteiger partial charge in [-0.1, -0.05) is 0 Å². The summed E-state index contributed by atoms with van der Waals surface area (Å²) < 4.78 is 7.28. The Hall–Kier alpha value is -2.28. The van der Waals surface area contributed by atoms with Gasteiger partial charge in [-0.05, 0) is 19.8 Å². The van der Waals surface area contributed by atoms with Crippen LogP contribution in [-0.2, 0) is 29.5 Å². The van der Waals surface area contributed by atoms with Crippen LogP contribution in [0.4, 0.5) is 0 Å². The molecular weight excluding hydrogens is 306 g/mol. The molecule has 0 unspecified atom stereocenters. The van der Waals surface area contributed by atoms with Crippen LogP contribution < -0.4 is 0 Å². The Morgan fingerprint density at radius 2 is 2.25 bits per heavy atom. The minimum absolute atomic E-state index is 0.105. The first-order valence-electron chi connectivity index (χ1n) is 8.37. The molecule has 0 N–H and O–H groups in total. The van der Waals surface area contributed by atoms with E-state index in [0.717, 1.165) is 41.8 Å². The van der Waals surface area contributed by atoms with Crippen LogP contribution >= 0.6 is 0 Å². The maximum Gasteiger partial charge on any atom is 0.252 e. The number of nitrogens with zero attached hydrogens (tertiary/aromatic N) is 5. The van der Waals surface area contributed by atoms with Gasteiger partial charge >= 0.3 is 0 Å². The molecule has 4 heterocycles. The lowest BCUT2D eigenvalue weighted by Gasteiger charge is -2.30. The van der Waals surface area contributed by atoms with Crippen molar-refractivity contribution in [2.45, 2.75) is 38.8 Å². The van der Waals surface area contributed by atoms with E-state index in [-0.39, 0.29) is 12.0 Å². The number of carbonyl (C=O) groups excluding carboxylic acids is 1. The summed E-state index contributed by atoms with van der Waals surface area (Å²) in [6, 6.07) is 0. The van der Waals surface area contributed by atoms with E-state index >= 15 is 0 Å². The SMILES string of the molecule is Cc1nc(-c2cnn(C)c2)nc2c1CN(C(=O)[C@H]1CCCO1)CC2. The second-order valence-electron chi connectivity index (χ2n) is 6.47. The molecule has 2 aromatic heterocycles. The van der Waals surface area contributed by atoms with E-state index in [1.807, 2.05) is 25.1 Å². The number of ether oxygens (including phenoxy) is 1. The van der Waals surface area contributed by atoms with Crippen molar-refractivity contribution >= 4 is 5.91 Å². The lowest BCUT2D eigenvalue weighted by Crippen LogP contribution is -2.42. The van der Waals surface area contributed by atoms with Crippen molar-refractivity contribution in [1.82, 2.24) is 24.6 Å². The molecule has 2 aliphatic heterocycles. The second-order valence-corrected chi connectivity index (χ2v) is 6.47. The molecule has 0 saturated carbocycles. The summed E-state index contributed by atoms with van der Waals surface area (Å²) in [7, 11) is 1.88. The van der Waals surface area contributed by atoms with Crippen molar-refractivity contribution in [1.29, 1.82) is 0 Å². The van der Waals surface area contributed by atoms with E-state index in [1.54, 1.807) is 10.9 Å². The minimum Gasteiger partial charge on any atom is -0.368 e. The van der Waals surface area contributed by atoms with Gasteiger partial charge in [0.1, 0.15) is 6.10 Å². The summed E-state index contributed by atoms with van der Waals surface area (Å²) in [5.74, 6) is 0.812. The Bertz CT molecular complexity index is 779. The molecule has 126 valence electrons. The number of aryl methyl sites for hydroxylation is 2. The van der Waals surface area contributed by atoms with Crippen molar-refractivity contribution in [2.24, 2.45) is 7.05 Å². The molecule has 0 aliphatic carbocycles. The van der Waals surface area contributed by atoms with Crippen molar-refractivity contribution in [3.05, 3.63) is 29.3 Å². The maximum atomic E-state index is 12.6. The fourth-order valence-corrected chi connectivity index (χ4v) is 3.41. The van der Waals surface area contributed by atoms with Gasteiger partial charge in [0, 0.05) is 50.6 Å². The molecule has 4 rings (SSSR count). The van der Waals surface area contributed by atoms with E-state index in [9.17, 15) is 4.79 Å². The molecule has 1 atom stereocenters. The van der Waals surface area contributed by atoms with E-state index in [2.05, 4.69) is 10.1 Å². The molecule has 2 aromatic rings. The number of amides is 1. The third kappa shape index (κ3) is 2.69. The lowest BCUT2D eigenvalue weighted by molar-refractivity contribution is -0.141. The van der Waals surface area contributed by atoms with Gasteiger partial charge in [0.25, 0.3) is 5.91 Å². The number of rotatable bonds is 2. The average Bonchev–Trinajstić information content (AvgIpc) is 3.25.